The molecular formula is C22H25F2N7O. The topological polar surface area (TPSA) is 100 Å². The predicted octanol–water partition coefficient (Wildman–Crippen LogP) is 2.97. The van der Waals surface area contributed by atoms with Gasteiger partial charge >= 0.3 is 0 Å². The molecule has 32 heavy (non-hydrogen) atoms. The van der Waals surface area contributed by atoms with Gasteiger partial charge < -0.3 is 20.2 Å². The number of aromatic amines is 1. The van der Waals surface area contributed by atoms with E-state index >= 15 is 0 Å². The Morgan fingerprint density at radius 3 is 2.81 bits per heavy atom. The van der Waals surface area contributed by atoms with E-state index in [-0.39, 0.29) is 37.0 Å². The van der Waals surface area contributed by atoms with Crippen LogP contribution in [-0.4, -0.2) is 59.4 Å². The van der Waals surface area contributed by atoms with Crippen LogP contribution in [0.25, 0.3) is 11.0 Å². The third-order valence-corrected chi connectivity index (χ3v) is 6.31. The molecule has 2 atom stereocenters. The number of hydrogen-bond donors (Lipinski definition) is 3. The number of amides is 1. The van der Waals surface area contributed by atoms with Crippen molar-refractivity contribution in [3.8, 4) is 0 Å². The molecule has 168 valence electrons. The van der Waals surface area contributed by atoms with Crippen LogP contribution >= 0.6 is 0 Å². The maximum atomic E-state index is 14.6. The van der Waals surface area contributed by atoms with Crippen LogP contribution in [0.1, 0.15) is 14.3 Å². The molecule has 1 aromatic heterocycles. The van der Waals surface area contributed by atoms with Gasteiger partial charge in [-0.2, -0.15) is 5.10 Å². The van der Waals surface area contributed by atoms with Gasteiger partial charge in [0.25, 0.3) is 5.91 Å². The summed E-state index contributed by atoms with van der Waals surface area (Å²) in [4.78, 5) is 24.8. The lowest BCUT2D eigenvalue weighted by molar-refractivity contribution is -0.126. The highest BCUT2D eigenvalue weighted by atomic mass is 19.1. The zero-order valence-corrected chi connectivity index (χ0v) is 17.3. The molecule has 1 aliphatic carbocycles. The molecule has 0 spiro atoms. The summed E-state index contributed by atoms with van der Waals surface area (Å²) in [5.41, 5.74) is 4.45. The first-order valence-corrected chi connectivity index (χ1v) is 10.6. The van der Waals surface area contributed by atoms with E-state index in [1.54, 1.807) is 17.0 Å². The monoisotopic (exact) mass is 441 g/mol. The number of anilines is 1. The zero-order valence-electron chi connectivity index (χ0n) is 17.3. The summed E-state index contributed by atoms with van der Waals surface area (Å²) in [6.45, 7) is 2.54. The fourth-order valence-corrected chi connectivity index (χ4v) is 4.80. The van der Waals surface area contributed by atoms with E-state index in [4.69, 9.17) is 5.41 Å². The lowest BCUT2D eigenvalue weighted by Crippen LogP contribution is -2.36. The first-order valence-electron chi connectivity index (χ1n) is 10.6. The number of halogens is 2. The fourth-order valence-electron chi connectivity index (χ4n) is 4.80. The van der Waals surface area contributed by atoms with E-state index in [9.17, 15) is 13.6 Å². The van der Waals surface area contributed by atoms with Crippen LogP contribution < -0.4 is 10.3 Å². The molecule has 2 fully saturated rings. The van der Waals surface area contributed by atoms with Gasteiger partial charge in [-0.1, -0.05) is 6.08 Å². The van der Waals surface area contributed by atoms with Crippen molar-refractivity contribution in [2.45, 2.75) is 12.8 Å². The maximum Gasteiger partial charge on any atom is 0.258 e. The number of H-pyrrole nitrogens is 1. The summed E-state index contributed by atoms with van der Waals surface area (Å²) < 4.78 is 28.1. The first kappa shape index (κ1) is 20.3. The summed E-state index contributed by atoms with van der Waals surface area (Å²) in [7, 11) is 0. The minimum absolute atomic E-state index is 0. The maximum absolute atomic E-state index is 14.6. The van der Waals surface area contributed by atoms with Crippen LogP contribution in [0.2, 0.25) is 0 Å². The summed E-state index contributed by atoms with van der Waals surface area (Å²) in [6.07, 6.45) is 4.69. The van der Waals surface area contributed by atoms with Crippen molar-refractivity contribution in [1.29, 1.82) is 5.41 Å². The van der Waals surface area contributed by atoms with Gasteiger partial charge in [0.05, 0.1) is 28.5 Å². The number of allylic oxidation sites excluding steroid dienone is 2. The highest BCUT2D eigenvalue weighted by molar-refractivity contribution is 6.14. The zero-order chi connectivity index (χ0) is 22.2. The van der Waals surface area contributed by atoms with Crippen molar-refractivity contribution in [2.24, 2.45) is 16.9 Å². The number of hydrazone groups is 1. The summed E-state index contributed by atoms with van der Waals surface area (Å²) >= 11 is 0. The van der Waals surface area contributed by atoms with Gasteiger partial charge in [0.2, 0.25) is 5.95 Å². The van der Waals surface area contributed by atoms with Gasteiger partial charge in [0.1, 0.15) is 11.6 Å². The summed E-state index contributed by atoms with van der Waals surface area (Å²) in [6, 6.07) is 4.47. The number of carbonyl (C=O) groups is 1. The molecule has 1 aromatic carbocycles. The average molecular weight is 441 g/mol. The molecule has 2 unspecified atom stereocenters. The van der Waals surface area contributed by atoms with Crippen molar-refractivity contribution in [3.63, 3.8) is 0 Å². The molecule has 2 aromatic rings. The van der Waals surface area contributed by atoms with E-state index < -0.39 is 5.83 Å². The van der Waals surface area contributed by atoms with E-state index in [1.807, 2.05) is 0 Å². The van der Waals surface area contributed by atoms with Gasteiger partial charge in [-0.05, 0) is 24.6 Å². The van der Waals surface area contributed by atoms with Crippen molar-refractivity contribution in [2.75, 3.05) is 31.1 Å². The standard InChI is InChI=1S/C22H23F2N7O.H2/c23-15-4-5-17-19(8-15)28-22(27-17)31-11-13-9-30(10-14(13)12-31)21(32)20-16(24)2-1-3-18(20)29-26-7-6-25;/h3-8,13-14,25,29H,1-2,9-12H2,(H,27,28);1H/b25-6?,26-7-;. The molecule has 2 saturated heterocycles. The minimum Gasteiger partial charge on any atom is -0.342 e. The third-order valence-electron chi connectivity index (χ3n) is 6.31. The molecule has 0 saturated carbocycles. The molecule has 5 rings (SSSR count). The molecule has 8 nitrogen and oxygen atoms in total. The molecule has 10 heteroatoms. The number of rotatable bonds is 5. The Bertz CT molecular complexity index is 1160. The third kappa shape index (κ3) is 3.65. The highest BCUT2D eigenvalue weighted by Gasteiger charge is 2.43. The second-order valence-corrected chi connectivity index (χ2v) is 8.35. The van der Waals surface area contributed by atoms with Gasteiger partial charge in [0, 0.05) is 52.1 Å². The molecule has 3 aliphatic rings. The van der Waals surface area contributed by atoms with Gasteiger partial charge in [0.15, 0.2) is 0 Å². The van der Waals surface area contributed by atoms with Crippen LogP contribution in [0.3, 0.4) is 0 Å². The SMILES string of the molecule is N=C/C=N\NC1=CCCC(F)=C1C(=O)N1CC2CN(c3nc4ccc(F)cc4[nH]3)CC2C1.[HH]. The number of likely N-dealkylation sites (tertiary alicyclic amines) is 1. The van der Waals surface area contributed by atoms with E-state index in [0.29, 0.717) is 42.2 Å². The Labute approximate surface area is 184 Å². The first-order chi connectivity index (χ1) is 15.5. The van der Waals surface area contributed by atoms with Crippen LogP contribution in [0.5, 0.6) is 0 Å². The second kappa shape index (κ2) is 8.18. The molecule has 3 N–H and O–H groups in total. The van der Waals surface area contributed by atoms with Crippen LogP contribution in [0, 0.1) is 23.1 Å². The Morgan fingerprint density at radius 2 is 2.06 bits per heavy atom. The molecule has 2 aliphatic heterocycles. The number of nitrogens with zero attached hydrogens (tertiary/aromatic N) is 4. The van der Waals surface area contributed by atoms with Crippen LogP contribution in [0.15, 0.2) is 46.5 Å². The number of aromatic nitrogens is 2. The highest BCUT2D eigenvalue weighted by Crippen LogP contribution is 2.36. The lowest BCUT2D eigenvalue weighted by Gasteiger charge is -2.24. The molecule has 3 heterocycles. The van der Waals surface area contributed by atoms with Gasteiger partial charge in [-0.15, -0.1) is 0 Å². The van der Waals surface area contributed by atoms with Crippen molar-refractivity contribution in [3.05, 3.63) is 47.2 Å². The van der Waals surface area contributed by atoms with Crippen molar-refractivity contribution >= 4 is 35.3 Å². The largest absolute Gasteiger partial charge is 0.342 e. The summed E-state index contributed by atoms with van der Waals surface area (Å²) in [5, 5.41) is 10.8. The van der Waals surface area contributed by atoms with Gasteiger partial charge in [-0.25, -0.2) is 13.8 Å². The number of hydrogen-bond acceptors (Lipinski definition) is 6. The molecular weight excluding hydrogens is 416 g/mol. The summed E-state index contributed by atoms with van der Waals surface area (Å²) in [5.74, 6) is 0.151. The Kier molecular flexibility index (Phi) is 5.20. The normalized spacial score (nSPS) is 23.2. The smallest absolute Gasteiger partial charge is 0.258 e. The second-order valence-electron chi connectivity index (χ2n) is 8.35. The minimum atomic E-state index is -0.432. The number of fused-ring (bicyclic) bond motifs is 2. The van der Waals surface area contributed by atoms with Gasteiger partial charge in [-0.3, -0.25) is 10.2 Å². The Morgan fingerprint density at radius 1 is 1.28 bits per heavy atom. The fraction of sp³-hybridized carbons (Fsp3) is 0.364. The predicted molar refractivity (Wildman–Crippen MR) is 120 cm³/mol. The van der Waals surface area contributed by atoms with E-state index in [2.05, 4.69) is 25.4 Å². The number of benzene rings is 1. The van der Waals surface area contributed by atoms with E-state index in [0.717, 1.165) is 19.3 Å². The molecule has 1 amide bonds. The van der Waals surface area contributed by atoms with Crippen LogP contribution in [-0.2, 0) is 4.79 Å². The number of imidazole rings is 1. The van der Waals surface area contributed by atoms with Crippen LogP contribution in [0.4, 0.5) is 14.7 Å². The average Bonchev–Trinajstić information content (AvgIpc) is 3.46. The van der Waals surface area contributed by atoms with E-state index in [1.165, 1.54) is 18.3 Å². The Hall–Kier alpha value is -3.56. The molecule has 0 radical (unpaired) electrons. The van der Waals surface area contributed by atoms with Crippen molar-refractivity contribution in [1.82, 2.24) is 20.3 Å². The van der Waals surface area contributed by atoms with Crippen molar-refractivity contribution < 1.29 is 15.0 Å². The molecule has 0 bridgehead atoms. The number of carbonyl (C=O) groups excluding carboxylic acids is 1. The lowest BCUT2D eigenvalue weighted by atomic mass is 10.0. The Balaban J connectivity index is 0.00000259. The number of nitrogens with one attached hydrogen (secondary N) is 3. The quantitative estimate of drug-likeness (QED) is 0.491.